The third kappa shape index (κ3) is 2.81. The van der Waals surface area contributed by atoms with Crippen molar-refractivity contribution in [3.8, 4) is 0 Å². The molecule has 0 bridgehead atoms. The zero-order chi connectivity index (χ0) is 14.8. The van der Waals surface area contributed by atoms with Crippen LogP contribution in [0.5, 0.6) is 0 Å². The Balaban J connectivity index is 2.37. The standard InChI is InChI=1S/C14H14N2O2S2/c1-16(12-5-3-2-4-6-12)20(17,18)13-9-7-11(8-10-13)14(15)19/h2-10H,1H3,(H2,15,19). The molecule has 0 aliphatic carbocycles. The average Bonchev–Trinajstić information content (AvgIpc) is 2.47. The first-order valence-electron chi connectivity index (χ1n) is 5.87. The van der Waals surface area contributed by atoms with E-state index in [1.807, 2.05) is 6.07 Å². The summed E-state index contributed by atoms with van der Waals surface area (Å²) in [4.78, 5) is 0.439. The fraction of sp³-hybridized carbons (Fsp3) is 0.0714. The van der Waals surface area contributed by atoms with Crippen molar-refractivity contribution in [2.75, 3.05) is 11.4 Å². The lowest BCUT2D eigenvalue weighted by atomic mass is 10.2. The third-order valence-electron chi connectivity index (χ3n) is 2.92. The van der Waals surface area contributed by atoms with Crippen molar-refractivity contribution in [1.82, 2.24) is 0 Å². The van der Waals surface area contributed by atoms with E-state index in [0.29, 0.717) is 11.3 Å². The van der Waals surface area contributed by atoms with E-state index in [9.17, 15) is 8.42 Å². The Morgan fingerprint density at radius 3 is 2.10 bits per heavy atom. The van der Waals surface area contributed by atoms with Gasteiger partial charge in [-0.05, 0) is 24.3 Å². The fourth-order valence-electron chi connectivity index (χ4n) is 1.73. The molecular weight excluding hydrogens is 292 g/mol. The first kappa shape index (κ1) is 14.5. The molecule has 0 aliphatic rings. The minimum absolute atomic E-state index is 0.198. The molecule has 0 heterocycles. The number of thiocarbonyl (C=S) groups is 1. The highest BCUT2D eigenvalue weighted by molar-refractivity contribution is 7.92. The maximum absolute atomic E-state index is 12.5. The highest BCUT2D eigenvalue weighted by atomic mass is 32.2. The molecule has 2 N–H and O–H groups in total. The van der Waals surface area contributed by atoms with Gasteiger partial charge in [0.05, 0.1) is 10.6 Å². The maximum Gasteiger partial charge on any atom is 0.264 e. The number of benzene rings is 2. The molecule has 0 spiro atoms. The van der Waals surface area contributed by atoms with Crippen LogP contribution in [0.2, 0.25) is 0 Å². The van der Waals surface area contributed by atoms with E-state index >= 15 is 0 Å². The quantitative estimate of drug-likeness (QED) is 0.879. The van der Waals surface area contributed by atoms with Gasteiger partial charge in [-0.1, -0.05) is 42.5 Å². The lowest BCUT2D eigenvalue weighted by Crippen LogP contribution is -2.26. The van der Waals surface area contributed by atoms with Crippen molar-refractivity contribution in [3.05, 3.63) is 60.2 Å². The summed E-state index contributed by atoms with van der Waals surface area (Å²) in [5.41, 5.74) is 6.74. The van der Waals surface area contributed by atoms with Crippen LogP contribution in [0.25, 0.3) is 0 Å². The van der Waals surface area contributed by atoms with Crippen LogP contribution in [-0.4, -0.2) is 20.5 Å². The first-order valence-corrected chi connectivity index (χ1v) is 7.71. The van der Waals surface area contributed by atoms with Crippen LogP contribution in [-0.2, 0) is 10.0 Å². The minimum Gasteiger partial charge on any atom is -0.389 e. The number of rotatable bonds is 4. The molecule has 104 valence electrons. The molecule has 2 rings (SSSR count). The fourth-order valence-corrected chi connectivity index (χ4v) is 3.06. The van der Waals surface area contributed by atoms with E-state index in [4.69, 9.17) is 18.0 Å². The van der Waals surface area contributed by atoms with Gasteiger partial charge in [0, 0.05) is 12.6 Å². The van der Waals surface area contributed by atoms with Crippen molar-refractivity contribution in [1.29, 1.82) is 0 Å². The van der Waals surface area contributed by atoms with E-state index < -0.39 is 10.0 Å². The molecule has 2 aromatic rings. The van der Waals surface area contributed by atoms with Gasteiger partial charge in [-0.25, -0.2) is 8.42 Å². The molecule has 2 aromatic carbocycles. The number of anilines is 1. The van der Waals surface area contributed by atoms with Gasteiger partial charge in [0.25, 0.3) is 10.0 Å². The number of para-hydroxylation sites is 1. The summed E-state index contributed by atoms with van der Waals surface area (Å²) in [5.74, 6) is 0. The second-order valence-corrected chi connectivity index (χ2v) is 6.61. The molecule has 0 saturated heterocycles. The first-order chi connectivity index (χ1) is 9.43. The highest BCUT2D eigenvalue weighted by Crippen LogP contribution is 2.21. The van der Waals surface area contributed by atoms with Crippen LogP contribution in [0.3, 0.4) is 0 Å². The summed E-state index contributed by atoms with van der Waals surface area (Å²) >= 11 is 4.84. The van der Waals surface area contributed by atoms with Crippen LogP contribution in [0.15, 0.2) is 59.5 Å². The third-order valence-corrected chi connectivity index (χ3v) is 4.95. The van der Waals surface area contributed by atoms with Gasteiger partial charge in [-0.3, -0.25) is 4.31 Å². The molecule has 0 aromatic heterocycles. The van der Waals surface area contributed by atoms with E-state index in [2.05, 4.69) is 0 Å². The van der Waals surface area contributed by atoms with Crippen LogP contribution in [0.4, 0.5) is 5.69 Å². The topological polar surface area (TPSA) is 63.4 Å². The van der Waals surface area contributed by atoms with Gasteiger partial charge in [-0.2, -0.15) is 0 Å². The lowest BCUT2D eigenvalue weighted by molar-refractivity contribution is 0.594. The van der Waals surface area contributed by atoms with Gasteiger partial charge in [0.15, 0.2) is 0 Å². The summed E-state index contributed by atoms with van der Waals surface area (Å²) in [7, 11) is -2.07. The minimum atomic E-state index is -3.59. The normalized spacial score (nSPS) is 11.1. The van der Waals surface area contributed by atoms with Crippen LogP contribution in [0, 0.1) is 0 Å². The second kappa shape index (κ2) is 5.60. The summed E-state index contributed by atoms with van der Waals surface area (Å²) < 4.78 is 26.2. The molecule has 0 unspecified atom stereocenters. The number of nitrogens with two attached hydrogens (primary N) is 1. The van der Waals surface area contributed by atoms with Crippen LogP contribution < -0.4 is 10.0 Å². The number of sulfonamides is 1. The summed E-state index contributed by atoms with van der Waals surface area (Å²) in [6, 6.07) is 15.1. The predicted molar refractivity (Wildman–Crippen MR) is 84.4 cm³/mol. The van der Waals surface area contributed by atoms with Gasteiger partial charge < -0.3 is 5.73 Å². The SMILES string of the molecule is CN(c1ccccc1)S(=O)(=O)c1ccc(C(N)=S)cc1. The Kier molecular flexibility index (Phi) is 4.06. The van der Waals surface area contributed by atoms with Crippen molar-refractivity contribution < 1.29 is 8.42 Å². The maximum atomic E-state index is 12.5. The molecule has 20 heavy (non-hydrogen) atoms. The van der Waals surface area contributed by atoms with E-state index in [0.717, 1.165) is 0 Å². The summed E-state index contributed by atoms with van der Waals surface area (Å²) in [6.07, 6.45) is 0. The van der Waals surface area contributed by atoms with Gasteiger partial charge in [0.2, 0.25) is 0 Å². The molecule has 0 saturated carbocycles. The zero-order valence-corrected chi connectivity index (χ0v) is 12.5. The highest BCUT2D eigenvalue weighted by Gasteiger charge is 2.20. The summed E-state index contributed by atoms with van der Waals surface area (Å²) in [6.45, 7) is 0. The molecule has 4 nitrogen and oxygen atoms in total. The molecule has 0 radical (unpaired) electrons. The molecular formula is C14H14N2O2S2. The van der Waals surface area contributed by atoms with Crippen molar-refractivity contribution in [2.45, 2.75) is 4.90 Å². The van der Waals surface area contributed by atoms with Gasteiger partial charge >= 0.3 is 0 Å². The van der Waals surface area contributed by atoms with E-state index in [1.54, 1.807) is 36.4 Å². The van der Waals surface area contributed by atoms with Crippen molar-refractivity contribution >= 4 is 32.9 Å². The van der Waals surface area contributed by atoms with E-state index in [-0.39, 0.29) is 9.88 Å². The van der Waals surface area contributed by atoms with Crippen molar-refractivity contribution in [2.24, 2.45) is 5.73 Å². The Morgan fingerprint density at radius 2 is 1.60 bits per heavy atom. The number of hydrogen-bond acceptors (Lipinski definition) is 3. The van der Waals surface area contributed by atoms with Gasteiger partial charge in [-0.15, -0.1) is 0 Å². The Labute approximate surface area is 123 Å². The Bertz CT molecular complexity index is 711. The van der Waals surface area contributed by atoms with Crippen LogP contribution >= 0.6 is 12.2 Å². The lowest BCUT2D eigenvalue weighted by Gasteiger charge is -2.19. The summed E-state index contributed by atoms with van der Waals surface area (Å²) in [5, 5.41) is 0. The Hall–Kier alpha value is -1.92. The van der Waals surface area contributed by atoms with E-state index in [1.165, 1.54) is 23.5 Å². The molecule has 6 heteroatoms. The molecule has 0 aliphatic heterocycles. The Morgan fingerprint density at radius 1 is 1.05 bits per heavy atom. The van der Waals surface area contributed by atoms with Crippen molar-refractivity contribution in [3.63, 3.8) is 0 Å². The smallest absolute Gasteiger partial charge is 0.264 e. The molecule has 0 atom stereocenters. The molecule has 0 amide bonds. The molecule has 0 fully saturated rings. The predicted octanol–water partition coefficient (Wildman–Crippen LogP) is 2.15. The second-order valence-electron chi connectivity index (χ2n) is 4.20. The average molecular weight is 306 g/mol. The van der Waals surface area contributed by atoms with Gasteiger partial charge in [0.1, 0.15) is 4.99 Å². The number of hydrogen-bond donors (Lipinski definition) is 1. The largest absolute Gasteiger partial charge is 0.389 e. The van der Waals surface area contributed by atoms with Crippen LogP contribution in [0.1, 0.15) is 5.56 Å². The monoisotopic (exact) mass is 306 g/mol. The zero-order valence-electron chi connectivity index (χ0n) is 10.9. The number of nitrogens with zero attached hydrogens (tertiary/aromatic N) is 1.